The Labute approximate surface area is 87.3 Å². The van der Waals surface area contributed by atoms with E-state index < -0.39 is 4.92 Å². The first-order chi connectivity index (χ1) is 7.10. The SMILES string of the molecule is CCc1ccc(C(=O)NC)cc1[N+](=O)[O-]. The van der Waals surface area contributed by atoms with Gasteiger partial charge in [0.15, 0.2) is 0 Å². The second-order valence-electron chi connectivity index (χ2n) is 3.03. The number of carbonyl (C=O) groups excluding carboxylic acids is 1. The average Bonchev–Trinajstić information content (AvgIpc) is 2.27. The molecule has 0 saturated carbocycles. The molecule has 1 amide bonds. The van der Waals surface area contributed by atoms with Crippen LogP contribution in [-0.2, 0) is 6.42 Å². The van der Waals surface area contributed by atoms with Gasteiger partial charge in [0.25, 0.3) is 11.6 Å². The van der Waals surface area contributed by atoms with Gasteiger partial charge in [0, 0.05) is 24.2 Å². The maximum absolute atomic E-state index is 11.3. The summed E-state index contributed by atoms with van der Waals surface area (Å²) in [7, 11) is 1.49. The highest BCUT2D eigenvalue weighted by atomic mass is 16.6. The Morgan fingerprint density at radius 2 is 2.20 bits per heavy atom. The van der Waals surface area contributed by atoms with Crippen LogP contribution in [-0.4, -0.2) is 17.9 Å². The summed E-state index contributed by atoms with van der Waals surface area (Å²) >= 11 is 0. The second-order valence-corrected chi connectivity index (χ2v) is 3.03. The standard InChI is InChI=1S/C10H12N2O3/c1-3-7-4-5-8(10(13)11-2)6-9(7)12(14)15/h4-6H,3H2,1-2H3,(H,11,13). The van der Waals surface area contributed by atoms with Crippen LogP contribution in [0.25, 0.3) is 0 Å². The third-order valence-electron chi connectivity index (χ3n) is 2.15. The van der Waals surface area contributed by atoms with Crippen LogP contribution in [0.2, 0.25) is 0 Å². The lowest BCUT2D eigenvalue weighted by atomic mass is 10.1. The van der Waals surface area contributed by atoms with Crippen molar-refractivity contribution in [3.8, 4) is 0 Å². The van der Waals surface area contributed by atoms with E-state index in [0.29, 0.717) is 17.5 Å². The first-order valence-electron chi connectivity index (χ1n) is 4.59. The van der Waals surface area contributed by atoms with Crippen LogP contribution in [0.4, 0.5) is 5.69 Å². The first kappa shape index (κ1) is 11.2. The van der Waals surface area contributed by atoms with Crippen molar-refractivity contribution in [1.82, 2.24) is 5.32 Å². The van der Waals surface area contributed by atoms with E-state index in [9.17, 15) is 14.9 Å². The zero-order chi connectivity index (χ0) is 11.4. The molecule has 80 valence electrons. The fraction of sp³-hybridized carbons (Fsp3) is 0.300. The van der Waals surface area contributed by atoms with Crippen LogP contribution in [0.5, 0.6) is 0 Å². The van der Waals surface area contributed by atoms with Gasteiger partial charge in [0.1, 0.15) is 0 Å². The molecule has 0 aromatic heterocycles. The Balaban J connectivity index is 3.22. The molecule has 0 fully saturated rings. The Kier molecular flexibility index (Phi) is 3.38. The molecule has 0 saturated heterocycles. The Morgan fingerprint density at radius 3 is 2.67 bits per heavy atom. The summed E-state index contributed by atoms with van der Waals surface area (Å²) in [4.78, 5) is 21.5. The third kappa shape index (κ3) is 2.31. The van der Waals surface area contributed by atoms with Gasteiger partial charge in [-0.3, -0.25) is 14.9 Å². The summed E-state index contributed by atoms with van der Waals surface area (Å²) in [5, 5.41) is 13.1. The van der Waals surface area contributed by atoms with Gasteiger partial charge in [-0.2, -0.15) is 0 Å². The van der Waals surface area contributed by atoms with Gasteiger partial charge < -0.3 is 5.32 Å². The Bertz CT molecular complexity index is 402. The van der Waals surface area contributed by atoms with Crippen molar-refractivity contribution in [3.05, 3.63) is 39.4 Å². The molecule has 5 heteroatoms. The molecule has 0 aliphatic heterocycles. The highest BCUT2D eigenvalue weighted by molar-refractivity contribution is 5.94. The molecule has 1 aromatic carbocycles. The second kappa shape index (κ2) is 4.54. The number of nitrogens with one attached hydrogen (secondary N) is 1. The predicted octanol–water partition coefficient (Wildman–Crippen LogP) is 1.52. The van der Waals surface area contributed by atoms with E-state index >= 15 is 0 Å². The number of nitro groups is 1. The predicted molar refractivity (Wildman–Crippen MR) is 55.9 cm³/mol. The smallest absolute Gasteiger partial charge is 0.273 e. The van der Waals surface area contributed by atoms with Crippen molar-refractivity contribution in [2.75, 3.05) is 7.05 Å². The van der Waals surface area contributed by atoms with Crippen LogP contribution < -0.4 is 5.32 Å². The number of hydrogen-bond donors (Lipinski definition) is 1. The highest BCUT2D eigenvalue weighted by Gasteiger charge is 2.15. The van der Waals surface area contributed by atoms with E-state index in [4.69, 9.17) is 0 Å². The minimum Gasteiger partial charge on any atom is -0.355 e. The zero-order valence-corrected chi connectivity index (χ0v) is 8.61. The van der Waals surface area contributed by atoms with E-state index in [0.717, 1.165) is 0 Å². The third-order valence-corrected chi connectivity index (χ3v) is 2.15. The van der Waals surface area contributed by atoms with Gasteiger partial charge in [-0.05, 0) is 12.5 Å². The molecule has 0 radical (unpaired) electrons. The summed E-state index contributed by atoms with van der Waals surface area (Å²) in [6.45, 7) is 1.84. The molecular weight excluding hydrogens is 196 g/mol. The molecular formula is C10H12N2O3. The lowest BCUT2D eigenvalue weighted by molar-refractivity contribution is -0.385. The van der Waals surface area contributed by atoms with Crippen LogP contribution in [0, 0.1) is 10.1 Å². The average molecular weight is 208 g/mol. The minimum absolute atomic E-state index is 0.00130. The van der Waals surface area contributed by atoms with Gasteiger partial charge in [0.2, 0.25) is 0 Å². The fourth-order valence-electron chi connectivity index (χ4n) is 1.32. The molecule has 0 spiro atoms. The molecule has 0 atom stereocenters. The van der Waals surface area contributed by atoms with E-state index in [1.54, 1.807) is 12.1 Å². The molecule has 15 heavy (non-hydrogen) atoms. The maximum Gasteiger partial charge on any atom is 0.273 e. The van der Waals surface area contributed by atoms with Crippen molar-refractivity contribution >= 4 is 11.6 Å². The minimum atomic E-state index is -0.467. The molecule has 0 aliphatic rings. The van der Waals surface area contributed by atoms with Crippen LogP contribution in [0.3, 0.4) is 0 Å². The van der Waals surface area contributed by atoms with E-state index in [2.05, 4.69) is 5.32 Å². The maximum atomic E-state index is 11.3. The molecule has 0 aliphatic carbocycles. The van der Waals surface area contributed by atoms with E-state index in [1.807, 2.05) is 6.92 Å². The molecule has 1 N–H and O–H groups in total. The van der Waals surface area contributed by atoms with Crippen LogP contribution in [0.1, 0.15) is 22.8 Å². The van der Waals surface area contributed by atoms with Gasteiger partial charge in [-0.25, -0.2) is 0 Å². The molecule has 0 bridgehead atoms. The summed E-state index contributed by atoms with van der Waals surface area (Å²) < 4.78 is 0. The largest absolute Gasteiger partial charge is 0.355 e. The van der Waals surface area contributed by atoms with E-state index in [-0.39, 0.29) is 11.6 Å². The van der Waals surface area contributed by atoms with Crippen molar-refractivity contribution in [2.45, 2.75) is 13.3 Å². The summed E-state index contributed by atoms with van der Waals surface area (Å²) in [5.41, 5.74) is 0.938. The van der Waals surface area contributed by atoms with E-state index in [1.165, 1.54) is 13.1 Å². The molecule has 0 heterocycles. The zero-order valence-electron chi connectivity index (χ0n) is 8.61. The molecule has 1 aromatic rings. The van der Waals surface area contributed by atoms with Crippen molar-refractivity contribution in [3.63, 3.8) is 0 Å². The fourth-order valence-corrected chi connectivity index (χ4v) is 1.32. The van der Waals surface area contributed by atoms with Gasteiger partial charge in [0.05, 0.1) is 4.92 Å². The molecule has 5 nitrogen and oxygen atoms in total. The number of nitro benzene ring substituents is 1. The van der Waals surface area contributed by atoms with Crippen molar-refractivity contribution in [1.29, 1.82) is 0 Å². The van der Waals surface area contributed by atoms with Crippen LogP contribution >= 0.6 is 0 Å². The number of benzene rings is 1. The Hall–Kier alpha value is -1.91. The summed E-state index contributed by atoms with van der Waals surface area (Å²) in [5.74, 6) is -0.319. The molecule has 1 rings (SSSR count). The van der Waals surface area contributed by atoms with Gasteiger partial charge in [-0.1, -0.05) is 13.0 Å². The number of hydrogen-bond acceptors (Lipinski definition) is 3. The number of aryl methyl sites for hydroxylation is 1. The number of amides is 1. The number of rotatable bonds is 3. The normalized spacial score (nSPS) is 9.73. The van der Waals surface area contributed by atoms with Gasteiger partial charge >= 0.3 is 0 Å². The number of nitrogens with zero attached hydrogens (tertiary/aromatic N) is 1. The van der Waals surface area contributed by atoms with Crippen molar-refractivity contribution in [2.24, 2.45) is 0 Å². The van der Waals surface area contributed by atoms with Gasteiger partial charge in [-0.15, -0.1) is 0 Å². The number of carbonyl (C=O) groups is 1. The highest BCUT2D eigenvalue weighted by Crippen LogP contribution is 2.20. The first-order valence-corrected chi connectivity index (χ1v) is 4.59. The summed E-state index contributed by atoms with van der Waals surface area (Å²) in [6.07, 6.45) is 0.574. The molecule has 0 unspecified atom stereocenters. The topological polar surface area (TPSA) is 72.2 Å². The Morgan fingerprint density at radius 1 is 1.53 bits per heavy atom. The lowest BCUT2D eigenvalue weighted by Gasteiger charge is -2.03. The van der Waals surface area contributed by atoms with Crippen LogP contribution in [0.15, 0.2) is 18.2 Å². The monoisotopic (exact) mass is 208 g/mol. The van der Waals surface area contributed by atoms with Crippen molar-refractivity contribution < 1.29 is 9.72 Å². The quantitative estimate of drug-likeness (QED) is 0.604. The lowest BCUT2D eigenvalue weighted by Crippen LogP contribution is -2.18. The summed E-state index contributed by atoms with van der Waals surface area (Å²) in [6, 6.07) is 4.50.